The Morgan fingerprint density at radius 2 is 1.66 bits per heavy atom. The van der Waals surface area contributed by atoms with Crippen molar-refractivity contribution in [3.8, 4) is 11.3 Å². The summed E-state index contributed by atoms with van der Waals surface area (Å²) in [4.78, 5) is 2.52. The first-order valence-electron chi connectivity index (χ1n) is 12.0. The Bertz CT molecular complexity index is 1290. The van der Waals surface area contributed by atoms with E-state index in [-0.39, 0.29) is 11.6 Å². The molecule has 184 valence electrons. The monoisotopic (exact) mass is 513 g/mol. The number of aromatic nitrogens is 2. The molecule has 35 heavy (non-hydrogen) atoms. The van der Waals surface area contributed by atoms with Crippen LogP contribution in [0.3, 0.4) is 0 Å². The van der Waals surface area contributed by atoms with Crippen molar-refractivity contribution in [2.24, 2.45) is 17.8 Å². The summed E-state index contributed by atoms with van der Waals surface area (Å²) in [5.41, 5.74) is 4.19. The number of likely N-dealkylation sites (tertiary alicyclic amines) is 1. The van der Waals surface area contributed by atoms with E-state index in [0.717, 1.165) is 37.3 Å². The van der Waals surface area contributed by atoms with Crippen molar-refractivity contribution in [3.05, 3.63) is 82.3 Å². The van der Waals surface area contributed by atoms with Crippen molar-refractivity contribution in [1.29, 1.82) is 0 Å². The summed E-state index contributed by atoms with van der Waals surface area (Å²) in [6, 6.07) is 16.1. The number of hydrogen-bond donors (Lipinski definition) is 0. The average molecular weight is 514 g/mol. The number of benzene rings is 2. The second-order valence-corrected chi connectivity index (χ2v) is 12.7. The second kappa shape index (κ2) is 9.96. The molecule has 0 N–H and O–H groups in total. The van der Waals surface area contributed by atoms with Crippen LogP contribution >= 0.6 is 11.6 Å². The van der Waals surface area contributed by atoms with Gasteiger partial charge in [-0.2, -0.15) is 10.2 Å². The van der Waals surface area contributed by atoms with Gasteiger partial charge in [-0.05, 0) is 78.5 Å². The molecule has 1 aliphatic heterocycles. The van der Waals surface area contributed by atoms with Crippen LogP contribution in [0.2, 0.25) is 5.02 Å². The lowest BCUT2D eigenvalue weighted by Gasteiger charge is -2.19. The zero-order valence-electron chi connectivity index (χ0n) is 19.7. The highest BCUT2D eigenvalue weighted by Crippen LogP contribution is 2.43. The van der Waals surface area contributed by atoms with E-state index in [1.165, 1.54) is 42.9 Å². The lowest BCUT2D eigenvalue weighted by Crippen LogP contribution is -2.22. The fourth-order valence-corrected chi connectivity index (χ4v) is 6.73. The molecule has 1 saturated carbocycles. The summed E-state index contributed by atoms with van der Waals surface area (Å²) in [6.07, 6.45) is 4.59. The zero-order chi connectivity index (χ0) is 24.6. The molecule has 2 aromatic carbocycles. The molecular weight excluding hydrogens is 485 g/mol. The van der Waals surface area contributed by atoms with Crippen molar-refractivity contribution in [3.63, 3.8) is 0 Å². The van der Waals surface area contributed by atoms with Crippen molar-refractivity contribution in [1.82, 2.24) is 15.1 Å². The van der Waals surface area contributed by atoms with E-state index >= 15 is 0 Å². The molecule has 2 heterocycles. The number of halogens is 2. The number of rotatable bonds is 7. The first-order chi connectivity index (χ1) is 16.7. The summed E-state index contributed by atoms with van der Waals surface area (Å²) in [5.74, 6) is 1.78. The van der Waals surface area contributed by atoms with E-state index in [2.05, 4.69) is 27.2 Å². The van der Waals surface area contributed by atoms with Gasteiger partial charge in [0.15, 0.2) is 9.84 Å². The summed E-state index contributed by atoms with van der Waals surface area (Å²) in [5, 5.41) is 9.18. The lowest BCUT2D eigenvalue weighted by atomic mass is 9.99. The molecular formula is C27H29ClFN3O2S. The highest BCUT2D eigenvalue weighted by Gasteiger charge is 2.40. The van der Waals surface area contributed by atoms with E-state index in [0.29, 0.717) is 34.0 Å². The van der Waals surface area contributed by atoms with Gasteiger partial charge in [0.1, 0.15) is 5.82 Å². The molecule has 2 aliphatic rings. The molecule has 1 saturated heterocycles. The molecule has 3 atom stereocenters. The third-order valence-corrected chi connectivity index (χ3v) is 8.39. The molecule has 1 aromatic heterocycles. The highest BCUT2D eigenvalue weighted by atomic mass is 35.5. The Balaban J connectivity index is 1.13. The van der Waals surface area contributed by atoms with Crippen LogP contribution in [0.5, 0.6) is 0 Å². The maximum atomic E-state index is 13.6. The normalized spacial score (nSPS) is 22.4. The predicted molar refractivity (Wildman–Crippen MR) is 136 cm³/mol. The summed E-state index contributed by atoms with van der Waals surface area (Å²) in [6.45, 7) is 3.12. The molecule has 2 fully saturated rings. The van der Waals surface area contributed by atoms with Gasteiger partial charge in [-0.25, -0.2) is 12.8 Å². The molecule has 0 spiro atoms. The van der Waals surface area contributed by atoms with Crippen LogP contribution in [-0.2, 0) is 28.6 Å². The number of fused-ring (bicyclic) bond motifs is 1. The minimum atomic E-state index is -3.01. The van der Waals surface area contributed by atoms with Gasteiger partial charge in [-0.15, -0.1) is 0 Å². The summed E-state index contributed by atoms with van der Waals surface area (Å²) < 4.78 is 36.5. The first-order valence-corrected chi connectivity index (χ1v) is 14.4. The van der Waals surface area contributed by atoms with Crippen LogP contribution in [0, 0.1) is 23.6 Å². The van der Waals surface area contributed by atoms with Gasteiger partial charge in [0, 0.05) is 31.5 Å². The van der Waals surface area contributed by atoms with Crippen LogP contribution in [0.15, 0.2) is 54.6 Å². The van der Waals surface area contributed by atoms with Gasteiger partial charge >= 0.3 is 0 Å². The van der Waals surface area contributed by atoms with Crippen molar-refractivity contribution >= 4 is 21.4 Å². The van der Waals surface area contributed by atoms with Gasteiger partial charge in [0.2, 0.25) is 0 Å². The van der Waals surface area contributed by atoms with Crippen LogP contribution in [0.4, 0.5) is 4.39 Å². The molecule has 5 nitrogen and oxygen atoms in total. The van der Waals surface area contributed by atoms with Gasteiger partial charge in [-0.3, -0.25) is 4.90 Å². The standard InChI is InChI=1S/C27H29ClFN3O2S/c1-35(33,34)17-19-4-2-18(3-5-19)14-32-15-21-10-20(11-22(21)16-32)12-24-7-9-27(31-30-24)25-13-23(29)6-8-26(25)28/h2-9,13,20-22H,10-12,14-17H2,1H3/t20?,21-,22+. The highest BCUT2D eigenvalue weighted by molar-refractivity contribution is 7.89. The van der Waals surface area contributed by atoms with E-state index in [9.17, 15) is 12.8 Å². The molecule has 8 heteroatoms. The minimum absolute atomic E-state index is 0.0915. The quantitative estimate of drug-likeness (QED) is 0.435. The SMILES string of the molecule is CS(=O)(=O)Cc1ccc(CN2C[C@H]3CC(Cc4ccc(-c5cc(F)ccc5Cl)nn4)C[C@H]3C2)cc1. The van der Waals surface area contributed by atoms with E-state index in [4.69, 9.17) is 11.6 Å². The van der Waals surface area contributed by atoms with Crippen molar-refractivity contribution < 1.29 is 12.8 Å². The van der Waals surface area contributed by atoms with Gasteiger partial charge in [0.25, 0.3) is 0 Å². The molecule has 0 bridgehead atoms. The summed E-state index contributed by atoms with van der Waals surface area (Å²) >= 11 is 6.19. The van der Waals surface area contributed by atoms with Crippen molar-refractivity contribution in [2.45, 2.75) is 31.6 Å². The maximum Gasteiger partial charge on any atom is 0.151 e. The topological polar surface area (TPSA) is 63.2 Å². The second-order valence-electron chi connectivity index (χ2n) is 10.2. The Labute approximate surface area is 211 Å². The van der Waals surface area contributed by atoms with Crippen LogP contribution in [-0.4, -0.2) is 42.9 Å². The Morgan fingerprint density at radius 3 is 2.29 bits per heavy atom. The smallest absolute Gasteiger partial charge is 0.151 e. The van der Waals surface area contributed by atoms with Crippen LogP contribution in [0.25, 0.3) is 11.3 Å². The maximum absolute atomic E-state index is 13.6. The molecule has 5 rings (SSSR count). The van der Waals surface area contributed by atoms with Crippen LogP contribution in [0.1, 0.15) is 29.7 Å². The number of sulfone groups is 1. The third-order valence-electron chi connectivity index (χ3n) is 7.20. The van der Waals surface area contributed by atoms with Crippen molar-refractivity contribution in [2.75, 3.05) is 19.3 Å². The zero-order valence-corrected chi connectivity index (χ0v) is 21.3. The fraction of sp³-hybridized carbons (Fsp3) is 0.407. The first kappa shape index (κ1) is 24.3. The molecule has 3 aromatic rings. The average Bonchev–Trinajstić information content (AvgIpc) is 3.34. The third kappa shape index (κ3) is 6.08. The number of hydrogen-bond acceptors (Lipinski definition) is 5. The Kier molecular flexibility index (Phi) is 6.93. The molecule has 0 radical (unpaired) electrons. The van der Waals surface area contributed by atoms with Gasteiger partial charge in [-0.1, -0.05) is 35.9 Å². The van der Waals surface area contributed by atoms with E-state index in [1.54, 1.807) is 0 Å². The lowest BCUT2D eigenvalue weighted by molar-refractivity contribution is 0.289. The summed E-state index contributed by atoms with van der Waals surface area (Å²) in [7, 11) is -3.01. The number of nitrogens with zero attached hydrogens (tertiary/aromatic N) is 3. The Hall–Kier alpha value is -2.35. The molecule has 1 unspecified atom stereocenters. The Morgan fingerprint density at radius 1 is 0.971 bits per heavy atom. The van der Waals surface area contributed by atoms with Gasteiger partial charge < -0.3 is 0 Å². The minimum Gasteiger partial charge on any atom is -0.299 e. The van der Waals surface area contributed by atoms with E-state index < -0.39 is 9.84 Å². The van der Waals surface area contributed by atoms with E-state index in [1.807, 2.05) is 24.3 Å². The molecule has 1 aliphatic carbocycles. The van der Waals surface area contributed by atoms with Gasteiger partial charge in [0.05, 0.1) is 22.2 Å². The fourth-order valence-electron chi connectivity index (χ4n) is 5.72. The van der Waals surface area contributed by atoms with Crippen LogP contribution < -0.4 is 0 Å². The largest absolute Gasteiger partial charge is 0.299 e. The predicted octanol–water partition coefficient (Wildman–Crippen LogP) is 5.18. The molecule has 0 amide bonds.